The van der Waals surface area contributed by atoms with Crippen molar-refractivity contribution < 1.29 is 19.5 Å². The number of hydroxylamine groups is 1. The quantitative estimate of drug-likeness (QED) is 0.517. The molecule has 0 saturated carbocycles. The van der Waals surface area contributed by atoms with Gasteiger partial charge in [-0.15, -0.1) is 5.06 Å². The highest BCUT2D eigenvalue weighted by atomic mass is 79.9. The Bertz CT molecular complexity index is 484. The molecule has 1 amide bonds. The predicted octanol–water partition coefficient (Wildman–Crippen LogP) is 1.22. The molecule has 4 bridgehead atoms. The van der Waals surface area contributed by atoms with E-state index in [0.717, 1.165) is 5.06 Å². The third-order valence-electron chi connectivity index (χ3n) is 2.11. The van der Waals surface area contributed by atoms with E-state index in [0.29, 0.717) is 10.2 Å². The third-order valence-corrected chi connectivity index (χ3v) is 2.73. The second-order valence-corrected chi connectivity index (χ2v) is 3.71. The van der Waals surface area contributed by atoms with Crippen molar-refractivity contribution >= 4 is 33.3 Å². The van der Waals surface area contributed by atoms with Crippen molar-refractivity contribution in [3.05, 3.63) is 22.2 Å². The van der Waals surface area contributed by atoms with E-state index in [2.05, 4.69) is 20.9 Å². The van der Waals surface area contributed by atoms with Gasteiger partial charge in [-0.05, 0) is 28.1 Å². The fourth-order valence-corrected chi connectivity index (χ4v) is 1.87. The number of halogens is 1. The molecule has 0 fully saturated rings. The molecule has 1 aromatic carbocycles. The third kappa shape index (κ3) is 0.729. The summed E-state index contributed by atoms with van der Waals surface area (Å²) in [6.07, 6.45) is 0. The van der Waals surface area contributed by atoms with Crippen LogP contribution in [0.2, 0.25) is 0 Å². The molecule has 0 spiro atoms. The number of nitrogens with zero attached hydrogens (tertiary/aromatic N) is 1. The summed E-state index contributed by atoms with van der Waals surface area (Å²) >= 11 is 3.20. The normalized spacial score (nSPS) is 17.4. The second-order valence-electron chi connectivity index (χ2n) is 2.86. The first kappa shape index (κ1) is 7.95. The SMILES string of the molecule is O=C1C(=O)N2OOc3c(Br)ccc2c31. The van der Waals surface area contributed by atoms with Gasteiger partial charge in [-0.3, -0.25) is 9.59 Å². The zero-order valence-electron chi connectivity index (χ0n) is 6.61. The molecule has 3 rings (SSSR count). The standard InChI is InChI=1S/C8H2BrNO4/c9-3-1-2-4-5-6(11)8(12)10(4)14-13-7(3)5/h1-2H. The van der Waals surface area contributed by atoms with Gasteiger partial charge in [0, 0.05) is 0 Å². The van der Waals surface area contributed by atoms with Crippen molar-refractivity contribution in [1.82, 2.24) is 0 Å². The molecule has 2 aliphatic rings. The first-order valence-electron chi connectivity index (χ1n) is 3.76. The van der Waals surface area contributed by atoms with Gasteiger partial charge in [-0.2, -0.15) is 0 Å². The molecule has 0 atom stereocenters. The Morgan fingerprint density at radius 1 is 1.29 bits per heavy atom. The summed E-state index contributed by atoms with van der Waals surface area (Å²) in [5, 5.41) is 0.844. The lowest BCUT2D eigenvalue weighted by Crippen LogP contribution is -2.30. The molecule has 0 aromatic heterocycles. The van der Waals surface area contributed by atoms with Crippen molar-refractivity contribution in [3.63, 3.8) is 0 Å². The Morgan fingerprint density at radius 2 is 2.07 bits per heavy atom. The molecule has 0 aliphatic carbocycles. The molecular formula is C8H2BrNO4. The van der Waals surface area contributed by atoms with Crippen LogP contribution in [-0.2, 0) is 9.78 Å². The van der Waals surface area contributed by atoms with Crippen molar-refractivity contribution in [2.75, 3.05) is 5.06 Å². The Morgan fingerprint density at radius 3 is 2.86 bits per heavy atom. The van der Waals surface area contributed by atoms with Crippen LogP contribution >= 0.6 is 15.9 Å². The molecule has 2 aliphatic heterocycles. The van der Waals surface area contributed by atoms with Crippen LogP contribution in [0.3, 0.4) is 0 Å². The molecule has 5 nitrogen and oxygen atoms in total. The fourth-order valence-electron chi connectivity index (χ4n) is 1.47. The number of hydrogen-bond acceptors (Lipinski definition) is 4. The van der Waals surface area contributed by atoms with Gasteiger partial charge in [0.2, 0.25) is 0 Å². The van der Waals surface area contributed by atoms with E-state index >= 15 is 0 Å². The zero-order valence-corrected chi connectivity index (χ0v) is 8.20. The number of rotatable bonds is 0. The summed E-state index contributed by atoms with van der Waals surface area (Å²) in [5.41, 5.74) is 0.695. The average molecular weight is 256 g/mol. The monoisotopic (exact) mass is 255 g/mol. The first-order chi connectivity index (χ1) is 6.70. The topological polar surface area (TPSA) is 55.8 Å². The zero-order chi connectivity index (χ0) is 9.87. The summed E-state index contributed by atoms with van der Waals surface area (Å²) < 4.78 is 0.582. The smallest absolute Gasteiger partial charge is 0.312 e. The van der Waals surface area contributed by atoms with Gasteiger partial charge in [0.1, 0.15) is 5.56 Å². The Balaban J connectivity index is 2.41. The predicted molar refractivity (Wildman–Crippen MR) is 47.7 cm³/mol. The number of ketones is 1. The minimum absolute atomic E-state index is 0.259. The van der Waals surface area contributed by atoms with Crippen molar-refractivity contribution in [2.45, 2.75) is 0 Å². The van der Waals surface area contributed by atoms with Crippen LogP contribution in [0.15, 0.2) is 16.6 Å². The molecule has 6 heteroatoms. The van der Waals surface area contributed by atoms with Crippen LogP contribution in [-0.4, -0.2) is 11.7 Å². The molecule has 1 aromatic rings. The number of amides is 1. The Kier molecular flexibility index (Phi) is 1.33. The molecular weight excluding hydrogens is 254 g/mol. The van der Waals surface area contributed by atoms with Crippen LogP contribution in [0, 0.1) is 0 Å². The van der Waals surface area contributed by atoms with E-state index < -0.39 is 11.7 Å². The molecule has 0 N–H and O–H groups in total. The van der Waals surface area contributed by atoms with Gasteiger partial charge in [0.05, 0.1) is 10.2 Å². The number of Topliss-reactive ketones (excluding diaryl/α,β-unsaturated/α-hetero) is 1. The van der Waals surface area contributed by atoms with Crippen molar-refractivity contribution in [3.8, 4) is 5.75 Å². The van der Waals surface area contributed by atoms with Crippen molar-refractivity contribution in [1.29, 1.82) is 0 Å². The number of carbonyl (C=O) groups is 2. The van der Waals surface area contributed by atoms with Crippen molar-refractivity contribution in [2.24, 2.45) is 0 Å². The Labute approximate surface area is 86.2 Å². The van der Waals surface area contributed by atoms with Gasteiger partial charge in [0.25, 0.3) is 5.78 Å². The maximum absolute atomic E-state index is 11.4. The Hall–Kier alpha value is -1.40. The first-order valence-corrected chi connectivity index (χ1v) is 4.55. The highest BCUT2D eigenvalue weighted by Gasteiger charge is 2.45. The van der Waals surface area contributed by atoms with Gasteiger partial charge in [0.15, 0.2) is 5.75 Å². The average Bonchev–Trinajstić information content (AvgIpc) is 2.33. The van der Waals surface area contributed by atoms with Crippen LogP contribution in [0.4, 0.5) is 5.69 Å². The molecule has 0 saturated heterocycles. The number of anilines is 1. The largest absolute Gasteiger partial charge is 0.326 e. The van der Waals surface area contributed by atoms with Gasteiger partial charge in [-0.25, -0.2) is 0 Å². The molecule has 0 unspecified atom stereocenters. The van der Waals surface area contributed by atoms with E-state index in [1.165, 1.54) is 0 Å². The molecule has 70 valence electrons. The number of benzene rings is 1. The van der Waals surface area contributed by atoms with Crippen LogP contribution in [0.1, 0.15) is 10.4 Å². The lowest BCUT2D eigenvalue weighted by atomic mass is 10.1. The van der Waals surface area contributed by atoms with Gasteiger partial charge in [-0.1, -0.05) is 4.99 Å². The summed E-state index contributed by atoms with van der Waals surface area (Å²) in [4.78, 5) is 32.2. The van der Waals surface area contributed by atoms with E-state index in [9.17, 15) is 9.59 Å². The summed E-state index contributed by atoms with van der Waals surface area (Å²) in [5.74, 6) is -1.07. The fraction of sp³-hybridized carbons (Fsp3) is 0. The summed E-state index contributed by atoms with van der Waals surface area (Å²) in [7, 11) is 0. The van der Waals surface area contributed by atoms with E-state index in [-0.39, 0.29) is 11.3 Å². The molecule has 14 heavy (non-hydrogen) atoms. The minimum atomic E-state index is -0.725. The maximum atomic E-state index is 11.4. The number of carbonyl (C=O) groups excluding carboxylic acids is 2. The van der Waals surface area contributed by atoms with Crippen LogP contribution < -0.4 is 9.95 Å². The van der Waals surface area contributed by atoms with Gasteiger partial charge < -0.3 is 4.89 Å². The molecule has 0 radical (unpaired) electrons. The summed E-state index contributed by atoms with van der Waals surface area (Å²) in [6.45, 7) is 0. The van der Waals surface area contributed by atoms with Gasteiger partial charge >= 0.3 is 5.91 Å². The van der Waals surface area contributed by atoms with Crippen LogP contribution in [0.25, 0.3) is 0 Å². The second kappa shape index (κ2) is 2.34. The highest BCUT2D eigenvalue weighted by molar-refractivity contribution is 9.10. The lowest BCUT2D eigenvalue weighted by Gasteiger charge is -2.19. The lowest BCUT2D eigenvalue weighted by molar-refractivity contribution is -0.220. The minimum Gasteiger partial charge on any atom is -0.312 e. The summed E-state index contributed by atoms with van der Waals surface area (Å²) in [6, 6.07) is 3.31. The highest BCUT2D eigenvalue weighted by Crippen LogP contribution is 2.44. The van der Waals surface area contributed by atoms with E-state index in [1.54, 1.807) is 12.1 Å². The van der Waals surface area contributed by atoms with E-state index in [1.807, 2.05) is 0 Å². The molecule has 2 heterocycles. The maximum Gasteiger partial charge on any atom is 0.326 e. The number of hydrogen-bond donors (Lipinski definition) is 0. The van der Waals surface area contributed by atoms with Crippen LogP contribution in [0.5, 0.6) is 5.75 Å². The van der Waals surface area contributed by atoms with E-state index in [4.69, 9.17) is 4.89 Å².